The Balaban J connectivity index is 1.77. The molecule has 0 saturated heterocycles. The molecule has 29 heavy (non-hydrogen) atoms. The minimum atomic E-state index is 0.616. The molecular weight excluding hydrogens is 366 g/mol. The number of ether oxygens (including phenoxy) is 2. The summed E-state index contributed by atoms with van der Waals surface area (Å²) < 4.78 is 12.3. The zero-order chi connectivity index (χ0) is 20.4. The molecule has 0 spiro atoms. The van der Waals surface area contributed by atoms with E-state index in [1.807, 2.05) is 55.6 Å². The number of pyridine rings is 2. The maximum Gasteiger partial charge on any atom is 0.178 e. The van der Waals surface area contributed by atoms with Crippen LogP contribution in [-0.2, 0) is 4.74 Å². The SMILES string of the molecule is C=C(OC)c1cccc(-c2cc(Nc3ccc(OC)c(C)n3)c3ncnn3c2)c1. The largest absolute Gasteiger partial charge is 0.497 e. The van der Waals surface area contributed by atoms with Gasteiger partial charge in [0.15, 0.2) is 5.65 Å². The van der Waals surface area contributed by atoms with Crippen LogP contribution in [0.1, 0.15) is 11.3 Å². The molecule has 0 radical (unpaired) electrons. The topological polar surface area (TPSA) is 73.6 Å². The second kappa shape index (κ2) is 7.63. The van der Waals surface area contributed by atoms with Gasteiger partial charge in [-0.2, -0.15) is 5.10 Å². The van der Waals surface area contributed by atoms with E-state index >= 15 is 0 Å². The summed E-state index contributed by atoms with van der Waals surface area (Å²) in [4.78, 5) is 8.93. The number of nitrogens with zero attached hydrogens (tertiary/aromatic N) is 4. The molecule has 7 nitrogen and oxygen atoms in total. The molecule has 1 aromatic carbocycles. The van der Waals surface area contributed by atoms with Crippen LogP contribution in [0.2, 0.25) is 0 Å². The predicted octanol–water partition coefficient (Wildman–Crippen LogP) is 4.47. The van der Waals surface area contributed by atoms with Crippen molar-refractivity contribution in [1.29, 1.82) is 0 Å². The lowest BCUT2D eigenvalue weighted by Gasteiger charge is -2.12. The first-order chi connectivity index (χ1) is 14.1. The molecule has 0 unspecified atom stereocenters. The Morgan fingerprint density at radius 3 is 2.72 bits per heavy atom. The van der Waals surface area contributed by atoms with Gasteiger partial charge in [-0.25, -0.2) is 14.5 Å². The van der Waals surface area contributed by atoms with Gasteiger partial charge in [0.2, 0.25) is 0 Å². The van der Waals surface area contributed by atoms with E-state index in [2.05, 4.69) is 27.0 Å². The quantitative estimate of drug-likeness (QED) is 0.492. The van der Waals surface area contributed by atoms with E-state index in [-0.39, 0.29) is 0 Å². The molecule has 4 rings (SSSR count). The third-order valence-corrected chi connectivity index (χ3v) is 4.66. The van der Waals surface area contributed by atoms with Gasteiger partial charge in [-0.05, 0) is 36.8 Å². The maximum absolute atomic E-state index is 5.29. The summed E-state index contributed by atoms with van der Waals surface area (Å²) >= 11 is 0. The number of nitrogens with one attached hydrogen (secondary N) is 1. The van der Waals surface area contributed by atoms with Gasteiger partial charge in [-0.3, -0.25) is 0 Å². The highest BCUT2D eigenvalue weighted by molar-refractivity contribution is 5.79. The Morgan fingerprint density at radius 1 is 1.10 bits per heavy atom. The monoisotopic (exact) mass is 387 g/mol. The number of fused-ring (bicyclic) bond motifs is 1. The number of methoxy groups -OCH3 is 2. The summed E-state index contributed by atoms with van der Waals surface area (Å²) in [5, 5.41) is 7.66. The number of rotatable bonds is 6. The molecule has 4 aromatic rings. The second-order valence-corrected chi connectivity index (χ2v) is 6.49. The van der Waals surface area contributed by atoms with E-state index in [9.17, 15) is 0 Å². The molecule has 1 N–H and O–H groups in total. The molecule has 0 aliphatic heterocycles. The van der Waals surface area contributed by atoms with E-state index in [0.717, 1.165) is 33.8 Å². The van der Waals surface area contributed by atoms with Crippen LogP contribution >= 0.6 is 0 Å². The first kappa shape index (κ1) is 18.5. The van der Waals surface area contributed by atoms with Crippen LogP contribution < -0.4 is 10.1 Å². The Bertz CT molecular complexity index is 1200. The molecule has 146 valence electrons. The molecule has 0 aliphatic rings. The Morgan fingerprint density at radius 2 is 1.97 bits per heavy atom. The van der Waals surface area contributed by atoms with Gasteiger partial charge >= 0.3 is 0 Å². The van der Waals surface area contributed by atoms with Crippen LogP contribution in [0.3, 0.4) is 0 Å². The predicted molar refractivity (Wildman–Crippen MR) is 113 cm³/mol. The summed E-state index contributed by atoms with van der Waals surface area (Å²) in [5.41, 5.74) is 5.22. The van der Waals surface area contributed by atoms with Gasteiger partial charge in [-0.15, -0.1) is 0 Å². The molecule has 7 heteroatoms. The maximum atomic E-state index is 5.29. The summed E-state index contributed by atoms with van der Waals surface area (Å²) in [7, 11) is 3.25. The van der Waals surface area contributed by atoms with E-state index in [1.54, 1.807) is 18.7 Å². The minimum absolute atomic E-state index is 0.616. The van der Waals surface area contributed by atoms with Gasteiger partial charge in [0.25, 0.3) is 0 Å². The highest BCUT2D eigenvalue weighted by Gasteiger charge is 2.11. The number of hydrogen-bond donors (Lipinski definition) is 1. The fourth-order valence-electron chi connectivity index (χ4n) is 3.14. The smallest absolute Gasteiger partial charge is 0.178 e. The van der Waals surface area contributed by atoms with E-state index in [4.69, 9.17) is 9.47 Å². The number of aromatic nitrogens is 4. The van der Waals surface area contributed by atoms with Gasteiger partial charge in [0.05, 0.1) is 25.6 Å². The molecule has 0 fully saturated rings. The van der Waals surface area contributed by atoms with Crippen molar-refractivity contribution in [2.24, 2.45) is 0 Å². The van der Waals surface area contributed by atoms with E-state index in [0.29, 0.717) is 17.2 Å². The minimum Gasteiger partial charge on any atom is -0.497 e. The van der Waals surface area contributed by atoms with E-state index < -0.39 is 0 Å². The van der Waals surface area contributed by atoms with Crippen molar-refractivity contribution in [3.8, 4) is 16.9 Å². The Hall–Kier alpha value is -3.87. The number of aryl methyl sites for hydroxylation is 1. The van der Waals surface area contributed by atoms with E-state index in [1.165, 1.54) is 6.33 Å². The summed E-state index contributed by atoms with van der Waals surface area (Å²) in [6.07, 6.45) is 3.47. The van der Waals surface area contributed by atoms with Crippen molar-refractivity contribution in [3.05, 3.63) is 72.8 Å². The molecule has 0 aliphatic carbocycles. The average Bonchev–Trinajstić information content (AvgIpc) is 3.22. The van der Waals surface area contributed by atoms with Gasteiger partial charge < -0.3 is 14.8 Å². The van der Waals surface area contributed by atoms with Crippen LogP contribution in [0, 0.1) is 6.92 Å². The van der Waals surface area contributed by atoms with Gasteiger partial charge in [0, 0.05) is 17.3 Å². The summed E-state index contributed by atoms with van der Waals surface area (Å²) in [6.45, 7) is 5.84. The lowest BCUT2D eigenvalue weighted by Crippen LogP contribution is -2.00. The van der Waals surface area contributed by atoms with Crippen molar-refractivity contribution in [3.63, 3.8) is 0 Å². The van der Waals surface area contributed by atoms with Crippen LogP contribution in [0.5, 0.6) is 5.75 Å². The molecule has 0 saturated carbocycles. The fourth-order valence-corrected chi connectivity index (χ4v) is 3.14. The Labute approximate surface area is 168 Å². The standard InChI is InChI=1S/C22H21N5O2/c1-14-20(29-4)8-9-21(25-14)26-19-11-18(12-27-22(19)23-13-24-27)17-7-5-6-16(10-17)15(2)28-3/h5-13H,2H2,1,3-4H3,(H,25,26). The first-order valence-electron chi connectivity index (χ1n) is 9.05. The highest BCUT2D eigenvalue weighted by atomic mass is 16.5. The third-order valence-electron chi connectivity index (χ3n) is 4.66. The molecule has 0 atom stereocenters. The summed E-state index contributed by atoms with van der Waals surface area (Å²) in [6, 6.07) is 13.8. The van der Waals surface area contributed by atoms with Crippen molar-refractivity contribution >= 4 is 22.9 Å². The van der Waals surface area contributed by atoms with Crippen molar-refractivity contribution < 1.29 is 9.47 Å². The Kier molecular flexibility index (Phi) is 4.87. The molecular formula is C22H21N5O2. The normalized spacial score (nSPS) is 10.7. The fraction of sp³-hybridized carbons (Fsp3) is 0.136. The highest BCUT2D eigenvalue weighted by Crippen LogP contribution is 2.29. The van der Waals surface area contributed by atoms with Gasteiger partial charge in [-0.1, -0.05) is 24.8 Å². The molecule has 0 bridgehead atoms. The van der Waals surface area contributed by atoms with Crippen LogP contribution in [0.15, 0.2) is 61.6 Å². The number of benzene rings is 1. The number of hydrogen-bond acceptors (Lipinski definition) is 6. The number of anilines is 2. The lowest BCUT2D eigenvalue weighted by molar-refractivity contribution is 0.371. The zero-order valence-electron chi connectivity index (χ0n) is 16.5. The van der Waals surface area contributed by atoms with Crippen LogP contribution in [0.25, 0.3) is 22.5 Å². The summed E-state index contributed by atoms with van der Waals surface area (Å²) in [5.74, 6) is 2.06. The molecule has 0 amide bonds. The van der Waals surface area contributed by atoms with Gasteiger partial charge in [0.1, 0.15) is 23.7 Å². The molecule has 3 heterocycles. The second-order valence-electron chi connectivity index (χ2n) is 6.49. The first-order valence-corrected chi connectivity index (χ1v) is 9.05. The van der Waals surface area contributed by atoms with Crippen molar-refractivity contribution in [2.45, 2.75) is 6.92 Å². The lowest BCUT2D eigenvalue weighted by atomic mass is 10.0. The average molecular weight is 387 g/mol. The third kappa shape index (κ3) is 3.62. The molecule has 3 aromatic heterocycles. The van der Waals surface area contributed by atoms with Crippen molar-refractivity contribution in [1.82, 2.24) is 19.6 Å². The van der Waals surface area contributed by atoms with Crippen LogP contribution in [-0.4, -0.2) is 33.8 Å². The zero-order valence-corrected chi connectivity index (χ0v) is 16.5. The van der Waals surface area contributed by atoms with Crippen LogP contribution in [0.4, 0.5) is 11.5 Å². The van der Waals surface area contributed by atoms with Crippen molar-refractivity contribution in [2.75, 3.05) is 19.5 Å².